The molecular weight excluding hydrogens is 268 g/mol. The Hall–Kier alpha value is -1.10. The predicted molar refractivity (Wildman–Crippen MR) is 82.8 cm³/mol. The van der Waals surface area contributed by atoms with Gasteiger partial charge in [-0.3, -0.25) is 14.5 Å². The highest BCUT2D eigenvalue weighted by Gasteiger charge is 2.28. The summed E-state index contributed by atoms with van der Waals surface area (Å²) in [6.45, 7) is 7.13. The largest absolute Gasteiger partial charge is 0.469 e. The molecule has 4 atom stereocenters. The number of carbonyl (C=O) groups excluding carboxylic acids is 2. The summed E-state index contributed by atoms with van der Waals surface area (Å²) in [5.41, 5.74) is 0. The van der Waals surface area contributed by atoms with Gasteiger partial charge in [-0.25, -0.2) is 0 Å². The number of nitrogens with one attached hydrogen (secondary N) is 1. The van der Waals surface area contributed by atoms with Gasteiger partial charge in [-0.15, -0.1) is 0 Å². The molecule has 0 heterocycles. The lowest BCUT2D eigenvalue weighted by atomic mass is 9.78. The van der Waals surface area contributed by atoms with Crippen LogP contribution in [-0.4, -0.2) is 50.1 Å². The van der Waals surface area contributed by atoms with Gasteiger partial charge < -0.3 is 10.1 Å². The summed E-state index contributed by atoms with van der Waals surface area (Å²) in [6, 6.07) is 0.285. The summed E-state index contributed by atoms with van der Waals surface area (Å²) in [5, 5.41) is 3.15. The normalized spacial score (nSPS) is 27.2. The fourth-order valence-corrected chi connectivity index (χ4v) is 3.09. The molecule has 1 fully saturated rings. The molecule has 0 saturated heterocycles. The Morgan fingerprint density at radius 3 is 2.62 bits per heavy atom. The summed E-state index contributed by atoms with van der Waals surface area (Å²) in [5.74, 6) is 0.780. The number of likely N-dealkylation sites (N-methyl/N-ethyl adjacent to an activating group) is 1. The van der Waals surface area contributed by atoms with Gasteiger partial charge >= 0.3 is 5.97 Å². The molecule has 122 valence electrons. The zero-order valence-electron chi connectivity index (χ0n) is 14.0. The summed E-state index contributed by atoms with van der Waals surface area (Å²) in [4.78, 5) is 25.4. The van der Waals surface area contributed by atoms with E-state index < -0.39 is 0 Å². The molecule has 5 heteroatoms. The van der Waals surface area contributed by atoms with Crippen LogP contribution >= 0.6 is 0 Å². The molecule has 0 radical (unpaired) electrons. The Morgan fingerprint density at radius 1 is 1.33 bits per heavy atom. The Balaban J connectivity index is 2.37. The van der Waals surface area contributed by atoms with Crippen molar-refractivity contribution in [2.45, 2.75) is 46.1 Å². The van der Waals surface area contributed by atoms with Gasteiger partial charge in [0, 0.05) is 12.6 Å². The second-order valence-corrected chi connectivity index (χ2v) is 6.56. The van der Waals surface area contributed by atoms with E-state index in [-0.39, 0.29) is 23.8 Å². The molecule has 0 aromatic heterocycles. The van der Waals surface area contributed by atoms with Crippen molar-refractivity contribution in [2.24, 2.45) is 17.8 Å². The molecule has 0 bridgehead atoms. The summed E-state index contributed by atoms with van der Waals surface area (Å²) in [6.07, 6.45) is 3.51. The fourth-order valence-electron chi connectivity index (χ4n) is 3.09. The minimum atomic E-state index is -0.239. The molecule has 0 spiro atoms. The van der Waals surface area contributed by atoms with Crippen molar-refractivity contribution in [1.29, 1.82) is 0 Å². The number of carbonyl (C=O) groups is 2. The van der Waals surface area contributed by atoms with Gasteiger partial charge in [0.2, 0.25) is 5.91 Å². The Kier molecular flexibility index (Phi) is 7.15. The van der Waals surface area contributed by atoms with Crippen LogP contribution in [0.25, 0.3) is 0 Å². The molecule has 5 nitrogen and oxygen atoms in total. The monoisotopic (exact) mass is 298 g/mol. The molecule has 1 aliphatic rings. The summed E-state index contributed by atoms with van der Waals surface area (Å²) in [7, 11) is 3.24. The van der Waals surface area contributed by atoms with Crippen molar-refractivity contribution >= 4 is 11.9 Å². The van der Waals surface area contributed by atoms with Crippen LogP contribution < -0.4 is 5.32 Å². The number of methoxy groups -OCH3 is 1. The number of esters is 1. The van der Waals surface area contributed by atoms with Gasteiger partial charge in [-0.05, 0) is 25.3 Å². The molecule has 1 N–H and O–H groups in total. The molecule has 1 saturated carbocycles. The number of nitrogens with zero attached hydrogens (tertiary/aromatic N) is 1. The van der Waals surface area contributed by atoms with Crippen molar-refractivity contribution in [1.82, 2.24) is 10.2 Å². The highest BCUT2D eigenvalue weighted by molar-refractivity contribution is 5.78. The maximum Gasteiger partial charge on any atom is 0.309 e. The van der Waals surface area contributed by atoms with E-state index in [4.69, 9.17) is 4.74 Å². The number of amides is 1. The van der Waals surface area contributed by atoms with Crippen molar-refractivity contribution < 1.29 is 14.3 Å². The first-order valence-electron chi connectivity index (χ1n) is 7.90. The first-order chi connectivity index (χ1) is 9.85. The molecular formula is C16H30N2O3. The van der Waals surface area contributed by atoms with Gasteiger partial charge in [-0.1, -0.05) is 33.6 Å². The summed E-state index contributed by atoms with van der Waals surface area (Å²) < 4.78 is 4.70. The van der Waals surface area contributed by atoms with Gasteiger partial charge in [-0.2, -0.15) is 0 Å². The van der Waals surface area contributed by atoms with E-state index in [1.807, 2.05) is 18.9 Å². The third-order valence-corrected chi connectivity index (χ3v) is 4.66. The van der Waals surface area contributed by atoms with Crippen LogP contribution in [0, 0.1) is 17.8 Å². The van der Waals surface area contributed by atoms with Crippen molar-refractivity contribution in [3.05, 3.63) is 0 Å². The Bertz CT molecular complexity index is 359. The second kappa shape index (κ2) is 8.37. The van der Waals surface area contributed by atoms with E-state index in [9.17, 15) is 9.59 Å². The van der Waals surface area contributed by atoms with E-state index in [1.165, 1.54) is 20.0 Å². The zero-order chi connectivity index (χ0) is 16.0. The van der Waals surface area contributed by atoms with E-state index in [2.05, 4.69) is 19.2 Å². The molecule has 0 aromatic rings. The first kappa shape index (κ1) is 18.0. The third-order valence-electron chi connectivity index (χ3n) is 4.66. The van der Waals surface area contributed by atoms with E-state index in [0.717, 1.165) is 6.42 Å². The number of ether oxygens (including phenoxy) is 1. The van der Waals surface area contributed by atoms with Crippen molar-refractivity contribution in [3.8, 4) is 0 Å². The molecule has 1 rings (SSSR count). The summed E-state index contributed by atoms with van der Waals surface area (Å²) >= 11 is 0. The fraction of sp³-hybridized carbons (Fsp3) is 0.875. The van der Waals surface area contributed by atoms with Gasteiger partial charge in [0.25, 0.3) is 0 Å². The minimum absolute atomic E-state index is 0.0421. The van der Waals surface area contributed by atoms with Gasteiger partial charge in [0.05, 0.1) is 19.6 Å². The SMILES string of the molecule is COC(=O)C(C)CN(C)CC(=O)NC1CCCC(C)C1C. The van der Waals surface area contributed by atoms with Crippen LogP contribution in [0.2, 0.25) is 0 Å². The lowest BCUT2D eigenvalue weighted by Crippen LogP contribution is -2.47. The Morgan fingerprint density at radius 2 is 2.00 bits per heavy atom. The van der Waals surface area contributed by atoms with Crippen molar-refractivity contribution in [3.63, 3.8) is 0 Å². The highest BCUT2D eigenvalue weighted by Crippen LogP contribution is 2.29. The molecule has 0 aliphatic heterocycles. The molecule has 1 aliphatic carbocycles. The lowest BCUT2D eigenvalue weighted by Gasteiger charge is -2.35. The van der Waals surface area contributed by atoms with Crippen LogP contribution in [0.4, 0.5) is 0 Å². The maximum absolute atomic E-state index is 12.1. The van der Waals surface area contributed by atoms with E-state index >= 15 is 0 Å². The second-order valence-electron chi connectivity index (χ2n) is 6.56. The number of rotatable bonds is 6. The predicted octanol–water partition coefficient (Wildman–Crippen LogP) is 1.67. The van der Waals surface area contributed by atoms with Gasteiger partial charge in [0.1, 0.15) is 0 Å². The van der Waals surface area contributed by atoms with Crippen LogP contribution in [0.15, 0.2) is 0 Å². The average Bonchev–Trinajstić information content (AvgIpc) is 2.42. The van der Waals surface area contributed by atoms with E-state index in [1.54, 1.807) is 0 Å². The van der Waals surface area contributed by atoms with Crippen LogP contribution in [0.3, 0.4) is 0 Å². The molecule has 21 heavy (non-hydrogen) atoms. The first-order valence-corrected chi connectivity index (χ1v) is 7.90. The number of hydrogen-bond acceptors (Lipinski definition) is 4. The topological polar surface area (TPSA) is 58.6 Å². The molecule has 0 aromatic carbocycles. The third kappa shape index (κ3) is 5.65. The van der Waals surface area contributed by atoms with Gasteiger partial charge in [0.15, 0.2) is 0 Å². The maximum atomic E-state index is 12.1. The number of hydrogen-bond donors (Lipinski definition) is 1. The highest BCUT2D eigenvalue weighted by atomic mass is 16.5. The minimum Gasteiger partial charge on any atom is -0.469 e. The Labute approximate surface area is 128 Å². The lowest BCUT2D eigenvalue weighted by molar-refractivity contribution is -0.145. The quantitative estimate of drug-likeness (QED) is 0.758. The van der Waals surface area contributed by atoms with Crippen molar-refractivity contribution in [2.75, 3.05) is 27.2 Å². The van der Waals surface area contributed by atoms with Crippen LogP contribution in [0.1, 0.15) is 40.0 Å². The van der Waals surface area contributed by atoms with Crippen LogP contribution in [-0.2, 0) is 14.3 Å². The molecule has 1 amide bonds. The van der Waals surface area contributed by atoms with Crippen LogP contribution in [0.5, 0.6) is 0 Å². The van der Waals surface area contributed by atoms with E-state index in [0.29, 0.717) is 24.9 Å². The smallest absolute Gasteiger partial charge is 0.309 e. The standard InChI is InChI=1S/C16H30N2O3/c1-11-7-6-8-14(13(11)3)17-15(19)10-18(4)9-12(2)16(20)21-5/h11-14H,6-10H2,1-5H3,(H,17,19). The average molecular weight is 298 g/mol. The zero-order valence-corrected chi connectivity index (χ0v) is 14.0. The molecule has 4 unspecified atom stereocenters.